The smallest absolute Gasteiger partial charge is 0.0708 e. The van der Waals surface area contributed by atoms with E-state index in [2.05, 4.69) is 35.3 Å². The van der Waals surface area contributed by atoms with Crippen molar-refractivity contribution < 1.29 is 0 Å². The number of aryl methyl sites for hydroxylation is 2. The Hall–Kier alpha value is -2.48. The molecule has 22 heavy (non-hydrogen) atoms. The van der Waals surface area contributed by atoms with Gasteiger partial charge in [0.05, 0.1) is 5.52 Å². The molecule has 2 heteroatoms. The first-order valence-corrected chi connectivity index (χ1v) is 7.98. The number of benzene rings is 2. The number of para-hydroxylation sites is 1. The van der Waals surface area contributed by atoms with E-state index < -0.39 is 0 Å². The number of rotatable bonds is 0. The third-order valence-electron chi connectivity index (χ3n) is 4.88. The molecular formula is C20H16N2. The second-order valence-electron chi connectivity index (χ2n) is 6.19. The zero-order chi connectivity index (χ0) is 14.5. The van der Waals surface area contributed by atoms with E-state index in [4.69, 9.17) is 4.98 Å². The quantitative estimate of drug-likeness (QED) is 0.342. The zero-order valence-electron chi connectivity index (χ0n) is 12.3. The van der Waals surface area contributed by atoms with Crippen molar-refractivity contribution in [1.82, 2.24) is 9.97 Å². The number of hydrogen-bond donors (Lipinski definition) is 0. The second-order valence-corrected chi connectivity index (χ2v) is 6.19. The van der Waals surface area contributed by atoms with Gasteiger partial charge >= 0.3 is 0 Å². The molecular weight excluding hydrogens is 268 g/mol. The summed E-state index contributed by atoms with van der Waals surface area (Å²) in [4.78, 5) is 9.33. The molecule has 0 unspecified atom stereocenters. The van der Waals surface area contributed by atoms with Crippen LogP contribution in [0.2, 0.25) is 0 Å². The predicted octanol–water partition coefficient (Wildman–Crippen LogP) is 4.82. The SMILES string of the molecule is c1ccc2c(c1)ncc1cc3c4c(ncc3cc12)CCCC4. The first-order valence-electron chi connectivity index (χ1n) is 7.98. The first-order chi connectivity index (χ1) is 10.9. The van der Waals surface area contributed by atoms with E-state index in [1.54, 1.807) is 0 Å². The summed E-state index contributed by atoms with van der Waals surface area (Å²) < 4.78 is 0. The van der Waals surface area contributed by atoms with Crippen molar-refractivity contribution in [3.8, 4) is 0 Å². The molecule has 1 aliphatic rings. The predicted molar refractivity (Wildman–Crippen MR) is 91.2 cm³/mol. The van der Waals surface area contributed by atoms with Crippen molar-refractivity contribution in [2.45, 2.75) is 25.7 Å². The lowest BCUT2D eigenvalue weighted by atomic mass is 9.91. The lowest BCUT2D eigenvalue weighted by molar-refractivity contribution is 0.673. The summed E-state index contributed by atoms with van der Waals surface area (Å²) in [5.74, 6) is 0. The van der Waals surface area contributed by atoms with Gasteiger partial charge in [0.2, 0.25) is 0 Å². The van der Waals surface area contributed by atoms with Crippen LogP contribution >= 0.6 is 0 Å². The molecule has 0 saturated heterocycles. The van der Waals surface area contributed by atoms with Crippen LogP contribution in [0.4, 0.5) is 0 Å². The zero-order valence-corrected chi connectivity index (χ0v) is 12.3. The van der Waals surface area contributed by atoms with Crippen LogP contribution in [0, 0.1) is 0 Å². The highest BCUT2D eigenvalue weighted by Crippen LogP contribution is 2.32. The first kappa shape index (κ1) is 12.1. The van der Waals surface area contributed by atoms with Gasteiger partial charge in [-0.05, 0) is 60.2 Å². The molecule has 0 saturated carbocycles. The molecule has 0 radical (unpaired) electrons. The Morgan fingerprint density at radius 1 is 0.727 bits per heavy atom. The molecule has 106 valence electrons. The summed E-state index contributed by atoms with van der Waals surface area (Å²) >= 11 is 0. The molecule has 2 aromatic carbocycles. The van der Waals surface area contributed by atoms with Crippen LogP contribution in [0.25, 0.3) is 32.4 Å². The van der Waals surface area contributed by atoms with Crippen molar-refractivity contribution in [3.05, 3.63) is 60.0 Å². The summed E-state index contributed by atoms with van der Waals surface area (Å²) in [6.07, 6.45) is 8.89. The van der Waals surface area contributed by atoms with Crippen LogP contribution in [0.5, 0.6) is 0 Å². The summed E-state index contributed by atoms with van der Waals surface area (Å²) in [6.45, 7) is 0. The normalized spacial score (nSPS) is 14.5. The maximum absolute atomic E-state index is 4.72. The number of fused-ring (bicyclic) bond motifs is 6. The fraction of sp³-hybridized carbons (Fsp3) is 0.200. The average Bonchev–Trinajstić information content (AvgIpc) is 2.60. The Morgan fingerprint density at radius 2 is 1.50 bits per heavy atom. The molecule has 0 amide bonds. The van der Waals surface area contributed by atoms with Crippen LogP contribution in [0.1, 0.15) is 24.1 Å². The molecule has 2 aromatic heterocycles. The van der Waals surface area contributed by atoms with Gasteiger partial charge in [-0.15, -0.1) is 0 Å². The van der Waals surface area contributed by atoms with Crippen molar-refractivity contribution in [3.63, 3.8) is 0 Å². The second kappa shape index (κ2) is 4.51. The van der Waals surface area contributed by atoms with Crippen molar-refractivity contribution in [1.29, 1.82) is 0 Å². The Morgan fingerprint density at radius 3 is 2.50 bits per heavy atom. The summed E-state index contributed by atoms with van der Waals surface area (Å²) in [6, 6.07) is 13.0. The fourth-order valence-electron chi connectivity index (χ4n) is 3.76. The summed E-state index contributed by atoms with van der Waals surface area (Å²) in [5.41, 5.74) is 3.81. The topological polar surface area (TPSA) is 25.8 Å². The van der Waals surface area contributed by atoms with Gasteiger partial charge in [-0.25, -0.2) is 0 Å². The molecule has 0 fully saturated rings. The van der Waals surface area contributed by atoms with Gasteiger partial charge in [-0.2, -0.15) is 0 Å². The molecule has 5 rings (SSSR count). The van der Waals surface area contributed by atoms with Gasteiger partial charge < -0.3 is 0 Å². The Labute approximate surface area is 128 Å². The van der Waals surface area contributed by atoms with Crippen molar-refractivity contribution >= 4 is 32.4 Å². The van der Waals surface area contributed by atoms with E-state index in [0.29, 0.717) is 0 Å². The minimum Gasteiger partial charge on any atom is -0.260 e. The highest BCUT2D eigenvalue weighted by molar-refractivity contribution is 6.10. The average molecular weight is 284 g/mol. The molecule has 0 aliphatic heterocycles. The highest BCUT2D eigenvalue weighted by atomic mass is 14.7. The van der Waals surface area contributed by atoms with E-state index in [-0.39, 0.29) is 0 Å². The largest absolute Gasteiger partial charge is 0.260 e. The van der Waals surface area contributed by atoms with Gasteiger partial charge in [0.1, 0.15) is 0 Å². The highest BCUT2D eigenvalue weighted by Gasteiger charge is 2.14. The minimum absolute atomic E-state index is 1.06. The lowest BCUT2D eigenvalue weighted by Gasteiger charge is -2.17. The van der Waals surface area contributed by atoms with Gasteiger partial charge in [0.15, 0.2) is 0 Å². The molecule has 4 aromatic rings. The Bertz CT molecular complexity index is 1030. The minimum atomic E-state index is 1.06. The molecule has 0 bridgehead atoms. The van der Waals surface area contributed by atoms with Gasteiger partial charge in [-0.3, -0.25) is 9.97 Å². The maximum Gasteiger partial charge on any atom is 0.0708 e. The fourth-order valence-corrected chi connectivity index (χ4v) is 3.76. The van der Waals surface area contributed by atoms with Gasteiger partial charge in [0, 0.05) is 34.2 Å². The molecule has 0 spiro atoms. The standard InChI is InChI=1S/C20H16N2/c1-3-7-19-15(5-1)17-9-14-12-22-20-8-4-2-6-16(20)18(14)10-13(17)11-21-19/h1,3,5,7,9-12H,2,4,6,8H2. The Balaban J connectivity index is 1.92. The third-order valence-corrected chi connectivity index (χ3v) is 4.88. The molecule has 2 nitrogen and oxygen atoms in total. The third kappa shape index (κ3) is 1.67. The lowest BCUT2D eigenvalue weighted by Crippen LogP contribution is -2.05. The van der Waals surface area contributed by atoms with Crippen molar-refractivity contribution in [2.75, 3.05) is 0 Å². The van der Waals surface area contributed by atoms with E-state index in [0.717, 1.165) is 18.4 Å². The summed E-state index contributed by atoms with van der Waals surface area (Å²) in [5, 5.41) is 6.35. The number of aromatic nitrogens is 2. The van der Waals surface area contributed by atoms with E-state index in [9.17, 15) is 0 Å². The van der Waals surface area contributed by atoms with E-state index in [1.165, 1.54) is 51.0 Å². The molecule has 1 aliphatic carbocycles. The molecule has 0 N–H and O–H groups in total. The monoisotopic (exact) mass is 284 g/mol. The Kier molecular flexibility index (Phi) is 2.48. The van der Waals surface area contributed by atoms with Gasteiger partial charge in [-0.1, -0.05) is 18.2 Å². The molecule has 2 heterocycles. The van der Waals surface area contributed by atoms with Crippen LogP contribution in [-0.4, -0.2) is 9.97 Å². The number of nitrogens with zero attached hydrogens (tertiary/aromatic N) is 2. The van der Waals surface area contributed by atoms with E-state index in [1.807, 2.05) is 18.5 Å². The van der Waals surface area contributed by atoms with Crippen molar-refractivity contribution in [2.24, 2.45) is 0 Å². The van der Waals surface area contributed by atoms with Crippen LogP contribution in [0.3, 0.4) is 0 Å². The van der Waals surface area contributed by atoms with Crippen LogP contribution < -0.4 is 0 Å². The number of hydrogen-bond acceptors (Lipinski definition) is 2. The van der Waals surface area contributed by atoms with Crippen LogP contribution in [-0.2, 0) is 12.8 Å². The van der Waals surface area contributed by atoms with Crippen LogP contribution in [0.15, 0.2) is 48.8 Å². The van der Waals surface area contributed by atoms with Gasteiger partial charge in [0.25, 0.3) is 0 Å². The summed E-state index contributed by atoms with van der Waals surface area (Å²) in [7, 11) is 0. The number of pyridine rings is 2. The van der Waals surface area contributed by atoms with E-state index >= 15 is 0 Å². The molecule has 0 atom stereocenters. The maximum atomic E-state index is 4.72.